The highest BCUT2D eigenvalue weighted by Crippen LogP contribution is 2.15. The molecule has 0 aromatic carbocycles. The van der Waals surface area contributed by atoms with Gasteiger partial charge in [0.25, 0.3) is 5.24 Å². The van der Waals surface area contributed by atoms with Crippen LogP contribution < -0.4 is 0 Å². The average Bonchev–Trinajstić information content (AvgIpc) is 2.49. The Bertz CT molecular complexity index is 435. The van der Waals surface area contributed by atoms with E-state index in [1.165, 1.54) is 0 Å². The van der Waals surface area contributed by atoms with Crippen molar-refractivity contribution in [2.45, 2.75) is 0 Å². The molecule has 2 aromatic heterocycles. The minimum atomic E-state index is -0.468. The van der Waals surface area contributed by atoms with Gasteiger partial charge in [-0.25, -0.2) is 0 Å². The summed E-state index contributed by atoms with van der Waals surface area (Å²) in [5, 5.41) is -0.468. The quantitative estimate of drug-likeness (QED) is 0.682. The Morgan fingerprint density at radius 1 is 1.50 bits per heavy atom. The molecule has 2 rings (SSSR count). The topological polar surface area (TPSA) is 45.8 Å². The van der Waals surface area contributed by atoms with Gasteiger partial charge in [-0.2, -0.15) is 0 Å². The Labute approximate surface area is 73.4 Å². The molecule has 0 aliphatic rings. The Kier molecular flexibility index (Phi) is 1.59. The number of halogens is 1. The Morgan fingerprint density at radius 2 is 2.33 bits per heavy atom. The number of hydrogen-bond acceptors (Lipinski definition) is 2. The fraction of sp³-hybridized carbons (Fsp3) is 0. The molecule has 0 aliphatic heterocycles. The lowest BCUT2D eigenvalue weighted by atomic mass is 10.2. The summed E-state index contributed by atoms with van der Waals surface area (Å²) in [6.07, 6.45) is 3.28. The van der Waals surface area contributed by atoms with Crippen molar-refractivity contribution in [3.8, 4) is 0 Å². The van der Waals surface area contributed by atoms with Crippen molar-refractivity contribution in [1.82, 2.24) is 9.97 Å². The number of carbonyl (C=O) groups excluding carboxylic acids is 1. The summed E-state index contributed by atoms with van der Waals surface area (Å²) in [4.78, 5) is 17.8. The molecule has 60 valence electrons. The highest BCUT2D eigenvalue weighted by atomic mass is 35.5. The van der Waals surface area contributed by atoms with Crippen molar-refractivity contribution in [2.24, 2.45) is 0 Å². The number of carbonyl (C=O) groups is 1. The van der Waals surface area contributed by atoms with Gasteiger partial charge in [-0.15, -0.1) is 0 Å². The number of aromatic nitrogens is 2. The zero-order chi connectivity index (χ0) is 8.55. The van der Waals surface area contributed by atoms with Gasteiger partial charge in [-0.05, 0) is 23.7 Å². The second-order valence-electron chi connectivity index (χ2n) is 2.37. The van der Waals surface area contributed by atoms with E-state index in [-0.39, 0.29) is 0 Å². The second kappa shape index (κ2) is 2.60. The highest BCUT2D eigenvalue weighted by molar-refractivity contribution is 6.68. The summed E-state index contributed by atoms with van der Waals surface area (Å²) in [6, 6.07) is 3.38. The number of pyridine rings is 1. The molecular formula is C8H5ClN2O. The molecule has 0 saturated carbocycles. The Hall–Kier alpha value is -1.35. The number of nitrogens with zero attached hydrogens (tertiary/aromatic N) is 1. The number of rotatable bonds is 1. The van der Waals surface area contributed by atoms with Crippen LogP contribution in [0.2, 0.25) is 0 Å². The molecule has 0 fully saturated rings. The first-order valence-electron chi connectivity index (χ1n) is 3.41. The van der Waals surface area contributed by atoms with E-state index in [1.54, 1.807) is 24.5 Å². The first-order valence-corrected chi connectivity index (χ1v) is 3.79. The van der Waals surface area contributed by atoms with Crippen LogP contribution in [0.1, 0.15) is 10.4 Å². The van der Waals surface area contributed by atoms with E-state index in [2.05, 4.69) is 9.97 Å². The lowest BCUT2D eigenvalue weighted by molar-refractivity contribution is 0.108. The molecule has 4 heteroatoms. The van der Waals surface area contributed by atoms with E-state index in [0.717, 1.165) is 5.52 Å². The van der Waals surface area contributed by atoms with Gasteiger partial charge in [0.2, 0.25) is 0 Å². The van der Waals surface area contributed by atoms with Gasteiger partial charge in [-0.1, -0.05) is 0 Å². The van der Waals surface area contributed by atoms with Crippen molar-refractivity contribution < 1.29 is 4.79 Å². The average molecular weight is 181 g/mol. The summed E-state index contributed by atoms with van der Waals surface area (Å²) in [6.45, 7) is 0. The van der Waals surface area contributed by atoms with Crippen molar-refractivity contribution in [2.75, 3.05) is 0 Å². The van der Waals surface area contributed by atoms with Crippen molar-refractivity contribution >= 4 is 27.9 Å². The lowest BCUT2D eigenvalue weighted by Gasteiger charge is -1.94. The van der Waals surface area contributed by atoms with Crippen LogP contribution in [0.25, 0.3) is 11.0 Å². The number of fused-ring (bicyclic) bond motifs is 1. The van der Waals surface area contributed by atoms with Gasteiger partial charge < -0.3 is 4.98 Å². The summed E-state index contributed by atoms with van der Waals surface area (Å²) in [7, 11) is 0. The highest BCUT2D eigenvalue weighted by Gasteiger charge is 2.07. The maximum absolute atomic E-state index is 10.9. The molecule has 0 saturated heterocycles. The summed E-state index contributed by atoms with van der Waals surface area (Å²) in [5.41, 5.74) is 1.91. The van der Waals surface area contributed by atoms with Crippen LogP contribution in [0.4, 0.5) is 0 Å². The van der Waals surface area contributed by atoms with Crippen molar-refractivity contribution in [3.05, 3.63) is 30.1 Å². The maximum atomic E-state index is 10.9. The summed E-state index contributed by atoms with van der Waals surface area (Å²) < 4.78 is 0. The van der Waals surface area contributed by atoms with E-state index < -0.39 is 5.24 Å². The van der Waals surface area contributed by atoms with Gasteiger partial charge in [0, 0.05) is 12.4 Å². The molecule has 0 bridgehead atoms. The molecule has 0 radical (unpaired) electrons. The zero-order valence-electron chi connectivity index (χ0n) is 6.04. The maximum Gasteiger partial charge on any atom is 0.254 e. The van der Waals surface area contributed by atoms with Gasteiger partial charge in [-0.3, -0.25) is 9.78 Å². The molecule has 2 aromatic rings. The van der Waals surface area contributed by atoms with Gasteiger partial charge in [0.05, 0.1) is 16.6 Å². The molecule has 3 nitrogen and oxygen atoms in total. The molecule has 1 N–H and O–H groups in total. The SMILES string of the molecule is O=C(Cl)c1ccnc2cc[nH]c12. The number of H-pyrrole nitrogens is 1. The first kappa shape index (κ1) is 7.31. The largest absolute Gasteiger partial charge is 0.359 e. The minimum Gasteiger partial charge on any atom is -0.359 e. The standard InChI is InChI=1S/C8H5ClN2O/c9-8(12)5-1-3-10-6-2-4-11-7(5)6/h1-4,11H. The molecular weight excluding hydrogens is 176 g/mol. The molecule has 0 spiro atoms. The fourth-order valence-electron chi connectivity index (χ4n) is 1.12. The van der Waals surface area contributed by atoms with Gasteiger partial charge >= 0.3 is 0 Å². The molecule has 0 unspecified atom stereocenters. The zero-order valence-corrected chi connectivity index (χ0v) is 6.80. The third-order valence-corrected chi connectivity index (χ3v) is 1.86. The molecule has 0 aliphatic carbocycles. The monoisotopic (exact) mass is 180 g/mol. The fourth-order valence-corrected chi connectivity index (χ4v) is 1.28. The van der Waals surface area contributed by atoms with Gasteiger partial charge in [0.1, 0.15) is 0 Å². The van der Waals surface area contributed by atoms with Crippen LogP contribution in [-0.2, 0) is 0 Å². The minimum absolute atomic E-state index is 0.465. The number of nitrogens with one attached hydrogen (secondary N) is 1. The van der Waals surface area contributed by atoms with Crippen LogP contribution in [0.3, 0.4) is 0 Å². The molecule has 0 amide bonds. The number of aromatic amines is 1. The molecule has 2 heterocycles. The second-order valence-corrected chi connectivity index (χ2v) is 2.71. The van der Waals surface area contributed by atoms with Gasteiger partial charge in [0.15, 0.2) is 0 Å². The van der Waals surface area contributed by atoms with Crippen LogP contribution in [0.15, 0.2) is 24.5 Å². The first-order chi connectivity index (χ1) is 5.79. The Balaban J connectivity index is 2.82. The summed E-state index contributed by atoms with van der Waals surface area (Å²) >= 11 is 5.35. The molecule has 0 atom stereocenters. The smallest absolute Gasteiger partial charge is 0.254 e. The van der Waals surface area contributed by atoms with E-state index in [9.17, 15) is 4.79 Å². The van der Waals surface area contributed by atoms with E-state index >= 15 is 0 Å². The van der Waals surface area contributed by atoms with E-state index in [0.29, 0.717) is 11.1 Å². The third-order valence-electron chi connectivity index (χ3n) is 1.66. The van der Waals surface area contributed by atoms with Crippen LogP contribution in [0, 0.1) is 0 Å². The predicted molar refractivity (Wildman–Crippen MR) is 46.3 cm³/mol. The predicted octanol–water partition coefficient (Wildman–Crippen LogP) is 1.94. The van der Waals surface area contributed by atoms with Crippen molar-refractivity contribution in [3.63, 3.8) is 0 Å². The lowest BCUT2D eigenvalue weighted by Crippen LogP contribution is -1.90. The van der Waals surface area contributed by atoms with Crippen molar-refractivity contribution in [1.29, 1.82) is 0 Å². The van der Waals surface area contributed by atoms with Crippen LogP contribution in [0.5, 0.6) is 0 Å². The van der Waals surface area contributed by atoms with Crippen LogP contribution in [-0.4, -0.2) is 15.2 Å². The Morgan fingerprint density at radius 3 is 3.08 bits per heavy atom. The third kappa shape index (κ3) is 0.987. The summed E-state index contributed by atoms with van der Waals surface area (Å²) in [5.74, 6) is 0. The number of hydrogen-bond donors (Lipinski definition) is 1. The van der Waals surface area contributed by atoms with Crippen LogP contribution >= 0.6 is 11.6 Å². The molecule has 12 heavy (non-hydrogen) atoms. The van der Waals surface area contributed by atoms with E-state index in [1.807, 2.05) is 0 Å². The van der Waals surface area contributed by atoms with E-state index in [4.69, 9.17) is 11.6 Å². The normalized spacial score (nSPS) is 10.4.